The molecule has 3 N–H and O–H groups in total. The fourth-order valence-corrected chi connectivity index (χ4v) is 1.70. The summed E-state index contributed by atoms with van der Waals surface area (Å²) >= 11 is 5.76. The summed E-state index contributed by atoms with van der Waals surface area (Å²) in [6, 6.07) is 13.5. The number of halogens is 1. The first-order valence-electron chi connectivity index (χ1n) is 5.71. The van der Waals surface area contributed by atoms with Gasteiger partial charge >= 0.3 is 6.03 Å². The summed E-state index contributed by atoms with van der Waals surface area (Å²) in [7, 11) is 0. The second-order valence-corrected chi connectivity index (χ2v) is 4.38. The molecule has 4 nitrogen and oxygen atoms in total. The summed E-state index contributed by atoms with van der Waals surface area (Å²) in [6.45, 7) is -0.0612. The minimum absolute atomic E-state index is 0.0612. The zero-order valence-corrected chi connectivity index (χ0v) is 10.8. The van der Waals surface area contributed by atoms with Crippen molar-refractivity contribution >= 4 is 29.0 Å². The average Bonchev–Trinajstić information content (AvgIpc) is 2.41. The van der Waals surface area contributed by atoms with E-state index in [4.69, 9.17) is 16.7 Å². The number of anilines is 2. The van der Waals surface area contributed by atoms with E-state index in [0.717, 1.165) is 5.56 Å². The van der Waals surface area contributed by atoms with E-state index in [1.165, 1.54) is 0 Å². The van der Waals surface area contributed by atoms with Crippen molar-refractivity contribution in [1.82, 2.24) is 0 Å². The Morgan fingerprint density at radius 2 is 1.74 bits per heavy atom. The summed E-state index contributed by atoms with van der Waals surface area (Å²) < 4.78 is 0. The highest BCUT2D eigenvalue weighted by molar-refractivity contribution is 6.30. The molecule has 2 aromatic rings. The maximum Gasteiger partial charge on any atom is 0.323 e. The van der Waals surface area contributed by atoms with Gasteiger partial charge < -0.3 is 15.7 Å². The van der Waals surface area contributed by atoms with Crippen molar-refractivity contribution in [3.05, 3.63) is 59.1 Å². The first kappa shape index (κ1) is 13.4. The molecule has 5 heteroatoms. The second-order valence-electron chi connectivity index (χ2n) is 3.94. The number of hydrogen-bond acceptors (Lipinski definition) is 2. The lowest BCUT2D eigenvalue weighted by molar-refractivity contribution is 0.262. The normalized spacial score (nSPS) is 10.0. The number of benzene rings is 2. The number of rotatable bonds is 3. The van der Waals surface area contributed by atoms with Crippen molar-refractivity contribution in [3.8, 4) is 0 Å². The second kappa shape index (κ2) is 6.22. The van der Waals surface area contributed by atoms with Crippen LogP contribution in [0.2, 0.25) is 5.02 Å². The molecular formula is C14H13ClN2O2. The van der Waals surface area contributed by atoms with Crippen LogP contribution in [-0.2, 0) is 6.61 Å². The topological polar surface area (TPSA) is 61.4 Å². The van der Waals surface area contributed by atoms with Crippen LogP contribution in [0.4, 0.5) is 16.2 Å². The van der Waals surface area contributed by atoms with Crippen LogP contribution in [0.3, 0.4) is 0 Å². The SMILES string of the molecule is O=C(Nc1ccc(Cl)cc1)Nc1cccc(CO)c1. The van der Waals surface area contributed by atoms with E-state index in [2.05, 4.69) is 10.6 Å². The van der Waals surface area contributed by atoms with Gasteiger partial charge in [0, 0.05) is 16.4 Å². The highest BCUT2D eigenvalue weighted by atomic mass is 35.5. The van der Waals surface area contributed by atoms with Crippen LogP contribution in [-0.4, -0.2) is 11.1 Å². The minimum Gasteiger partial charge on any atom is -0.392 e. The molecule has 0 saturated heterocycles. The molecule has 0 atom stereocenters. The van der Waals surface area contributed by atoms with Crippen LogP contribution in [0.15, 0.2) is 48.5 Å². The Kier molecular flexibility index (Phi) is 4.39. The first-order chi connectivity index (χ1) is 9.17. The molecule has 0 saturated carbocycles. The van der Waals surface area contributed by atoms with Crippen LogP contribution in [0, 0.1) is 0 Å². The van der Waals surface area contributed by atoms with E-state index in [9.17, 15) is 4.79 Å². The summed E-state index contributed by atoms with van der Waals surface area (Å²) in [4.78, 5) is 11.7. The average molecular weight is 277 g/mol. The molecule has 0 aliphatic carbocycles. The lowest BCUT2D eigenvalue weighted by atomic mass is 10.2. The number of urea groups is 1. The molecule has 0 aromatic heterocycles. The van der Waals surface area contributed by atoms with Crippen molar-refractivity contribution in [1.29, 1.82) is 0 Å². The van der Waals surface area contributed by atoms with E-state index >= 15 is 0 Å². The standard InChI is InChI=1S/C14H13ClN2O2/c15-11-4-6-12(7-5-11)16-14(19)17-13-3-1-2-10(8-13)9-18/h1-8,18H,9H2,(H2,16,17,19). The summed E-state index contributed by atoms with van der Waals surface area (Å²) in [5.74, 6) is 0. The Morgan fingerprint density at radius 1 is 1.05 bits per heavy atom. The molecule has 0 radical (unpaired) electrons. The van der Waals surface area contributed by atoms with E-state index in [1.807, 2.05) is 0 Å². The third-order valence-corrected chi connectivity index (χ3v) is 2.72. The highest BCUT2D eigenvalue weighted by Gasteiger charge is 2.03. The monoisotopic (exact) mass is 276 g/mol. The molecular weight excluding hydrogens is 264 g/mol. The van der Waals surface area contributed by atoms with Gasteiger partial charge in [0.15, 0.2) is 0 Å². The van der Waals surface area contributed by atoms with Crippen molar-refractivity contribution < 1.29 is 9.90 Å². The largest absolute Gasteiger partial charge is 0.392 e. The number of carbonyl (C=O) groups is 1. The molecule has 0 heterocycles. The van der Waals surface area contributed by atoms with E-state index in [-0.39, 0.29) is 12.6 Å². The Hall–Kier alpha value is -2.04. The molecule has 0 aliphatic heterocycles. The molecule has 2 amide bonds. The van der Waals surface area contributed by atoms with Crippen LogP contribution in [0.5, 0.6) is 0 Å². The van der Waals surface area contributed by atoms with Gasteiger partial charge in [-0.3, -0.25) is 0 Å². The number of aliphatic hydroxyl groups excluding tert-OH is 1. The minimum atomic E-state index is -0.350. The Morgan fingerprint density at radius 3 is 2.42 bits per heavy atom. The van der Waals surface area contributed by atoms with Gasteiger partial charge in [0.2, 0.25) is 0 Å². The maximum absolute atomic E-state index is 11.7. The van der Waals surface area contributed by atoms with Gasteiger partial charge in [0.1, 0.15) is 0 Å². The number of carbonyl (C=O) groups excluding carboxylic acids is 1. The Labute approximate surface area is 116 Å². The fraction of sp³-hybridized carbons (Fsp3) is 0.0714. The van der Waals surface area contributed by atoms with E-state index < -0.39 is 0 Å². The highest BCUT2D eigenvalue weighted by Crippen LogP contribution is 2.14. The predicted molar refractivity (Wildman–Crippen MR) is 76.5 cm³/mol. The zero-order valence-electron chi connectivity index (χ0n) is 10.1. The van der Waals surface area contributed by atoms with Crippen molar-refractivity contribution in [3.63, 3.8) is 0 Å². The van der Waals surface area contributed by atoms with Crippen LogP contribution in [0.25, 0.3) is 0 Å². The van der Waals surface area contributed by atoms with Crippen LogP contribution in [0.1, 0.15) is 5.56 Å². The quantitative estimate of drug-likeness (QED) is 0.804. The Bertz CT molecular complexity index is 570. The van der Waals surface area contributed by atoms with Gasteiger partial charge in [0.25, 0.3) is 0 Å². The third kappa shape index (κ3) is 3.98. The summed E-state index contributed by atoms with van der Waals surface area (Å²) in [6.07, 6.45) is 0. The summed E-state index contributed by atoms with van der Waals surface area (Å²) in [5, 5.41) is 15.0. The smallest absolute Gasteiger partial charge is 0.323 e. The van der Waals surface area contributed by atoms with Crippen LogP contribution < -0.4 is 10.6 Å². The van der Waals surface area contributed by atoms with Crippen molar-refractivity contribution in [2.75, 3.05) is 10.6 Å². The van der Waals surface area contributed by atoms with Gasteiger partial charge in [-0.25, -0.2) is 4.79 Å². The molecule has 0 fully saturated rings. The molecule has 0 unspecified atom stereocenters. The molecule has 98 valence electrons. The number of nitrogens with one attached hydrogen (secondary N) is 2. The van der Waals surface area contributed by atoms with Gasteiger partial charge in [-0.15, -0.1) is 0 Å². The lowest BCUT2D eigenvalue weighted by Gasteiger charge is -2.08. The predicted octanol–water partition coefficient (Wildman–Crippen LogP) is 3.48. The van der Waals surface area contributed by atoms with E-state index in [1.54, 1.807) is 48.5 Å². The number of amides is 2. The summed E-state index contributed by atoms with van der Waals surface area (Å²) in [5.41, 5.74) is 2.02. The Balaban J connectivity index is 1.99. The molecule has 2 rings (SSSR count). The van der Waals surface area contributed by atoms with Gasteiger partial charge in [-0.1, -0.05) is 23.7 Å². The third-order valence-electron chi connectivity index (χ3n) is 2.47. The fourth-order valence-electron chi connectivity index (χ4n) is 1.57. The molecule has 2 aromatic carbocycles. The molecule has 0 spiro atoms. The zero-order chi connectivity index (χ0) is 13.7. The molecule has 0 bridgehead atoms. The van der Waals surface area contributed by atoms with Gasteiger partial charge in [-0.2, -0.15) is 0 Å². The van der Waals surface area contributed by atoms with Gasteiger partial charge in [-0.05, 0) is 42.0 Å². The van der Waals surface area contributed by atoms with Crippen molar-refractivity contribution in [2.45, 2.75) is 6.61 Å². The number of aliphatic hydroxyl groups is 1. The maximum atomic E-state index is 11.7. The molecule has 19 heavy (non-hydrogen) atoms. The van der Waals surface area contributed by atoms with Crippen LogP contribution >= 0.6 is 11.6 Å². The van der Waals surface area contributed by atoms with Gasteiger partial charge in [0.05, 0.1) is 6.61 Å². The van der Waals surface area contributed by atoms with Crippen molar-refractivity contribution in [2.24, 2.45) is 0 Å². The lowest BCUT2D eigenvalue weighted by Crippen LogP contribution is -2.19. The first-order valence-corrected chi connectivity index (χ1v) is 6.08. The molecule has 0 aliphatic rings. The number of hydrogen-bond donors (Lipinski definition) is 3. The van der Waals surface area contributed by atoms with E-state index in [0.29, 0.717) is 16.4 Å².